The number of amides is 1. The van der Waals surface area contributed by atoms with E-state index in [9.17, 15) is 9.18 Å². The smallest absolute Gasteiger partial charge is 0.254 e. The average Bonchev–Trinajstić information content (AvgIpc) is 3.13. The van der Waals surface area contributed by atoms with Gasteiger partial charge < -0.3 is 4.90 Å². The molecular formula is C14H19FN2O. The highest BCUT2D eigenvalue weighted by atomic mass is 19.1. The van der Waals surface area contributed by atoms with Crippen molar-refractivity contribution in [3.05, 3.63) is 29.8 Å². The number of hydrogen-bond donors (Lipinski definition) is 0. The fourth-order valence-corrected chi connectivity index (χ4v) is 1.93. The van der Waals surface area contributed by atoms with Gasteiger partial charge >= 0.3 is 0 Å². The van der Waals surface area contributed by atoms with E-state index in [4.69, 9.17) is 0 Å². The molecule has 3 nitrogen and oxygen atoms in total. The van der Waals surface area contributed by atoms with Gasteiger partial charge in [-0.1, -0.05) is 13.8 Å². The highest BCUT2D eigenvalue weighted by Crippen LogP contribution is 2.28. The molecule has 1 fully saturated rings. The van der Waals surface area contributed by atoms with Gasteiger partial charge in [0.15, 0.2) is 0 Å². The summed E-state index contributed by atoms with van der Waals surface area (Å²) in [7, 11) is 0. The maximum absolute atomic E-state index is 13.0. The second kappa shape index (κ2) is 5.46. The monoisotopic (exact) mass is 250 g/mol. The van der Waals surface area contributed by atoms with Gasteiger partial charge in [-0.25, -0.2) is 4.98 Å². The number of nitrogens with zero attached hydrogens (tertiary/aromatic N) is 2. The number of carbonyl (C=O) groups is 1. The van der Waals surface area contributed by atoms with Crippen LogP contribution in [0, 0.1) is 11.9 Å². The first-order chi connectivity index (χ1) is 8.58. The van der Waals surface area contributed by atoms with Gasteiger partial charge in [-0.05, 0) is 31.2 Å². The van der Waals surface area contributed by atoms with Crippen LogP contribution in [0.3, 0.4) is 0 Å². The molecule has 0 N–H and O–H groups in total. The Morgan fingerprint density at radius 2 is 2.28 bits per heavy atom. The SMILES string of the molecule is CC(C)CCN(C(=O)c1ccnc(F)c1)C1CC1. The molecule has 0 bridgehead atoms. The van der Waals surface area contributed by atoms with Crippen LogP contribution >= 0.6 is 0 Å². The Labute approximate surface area is 107 Å². The lowest BCUT2D eigenvalue weighted by Gasteiger charge is -2.23. The summed E-state index contributed by atoms with van der Waals surface area (Å²) in [5.74, 6) is -0.104. The zero-order chi connectivity index (χ0) is 13.1. The molecule has 1 saturated carbocycles. The second-order valence-corrected chi connectivity index (χ2v) is 5.28. The van der Waals surface area contributed by atoms with E-state index >= 15 is 0 Å². The number of aromatic nitrogens is 1. The van der Waals surface area contributed by atoms with Crippen molar-refractivity contribution in [2.45, 2.75) is 39.2 Å². The van der Waals surface area contributed by atoms with Crippen molar-refractivity contribution in [2.24, 2.45) is 5.92 Å². The molecular weight excluding hydrogens is 231 g/mol. The summed E-state index contributed by atoms with van der Waals surface area (Å²) in [6, 6.07) is 3.15. The molecule has 1 amide bonds. The van der Waals surface area contributed by atoms with Crippen molar-refractivity contribution in [1.29, 1.82) is 0 Å². The van der Waals surface area contributed by atoms with Gasteiger partial charge in [0.1, 0.15) is 0 Å². The summed E-state index contributed by atoms with van der Waals surface area (Å²) < 4.78 is 13.0. The van der Waals surface area contributed by atoms with Gasteiger partial charge in [-0.15, -0.1) is 0 Å². The van der Waals surface area contributed by atoms with E-state index in [1.54, 1.807) is 6.07 Å². The maximum Gasteiger partial charge on any atom is 0.254 e. The minimum absolute atomic E-state index is 0.0700. The molecule has 0 aliphatic heterocycles. The molecule has 0 atom stereocenters. The summed E-state index contributed by atoms with van der Waals surface area (Å²) in [5, 5.41) is 0. The second-order valence-electron chi connectivity index (χ2n) is 5.28. The molecule has 1 aliphatic carbocycles. The van der Waals surface area contributed by atoms with Crippen LogP contribution in [0.2, 0.25) is 0 Å². The molecule has 0 aromatic carbocycles. The lowest BCUT2D eigenvalue weighted by atomic mass is 10.1. The third kappa shape index (κ3) is 3.28. The Kier molecular flexibility index (Phi) is 3.94. The first-order valence-corrected chi connectivity index (χ1v) is 6.50. The van der Waals surface area contributed by atoms with E-state index in [2.05, 4.69) is 18.8 Å². The van der Waals surface area contributed by atoms with E-state index in [1.807, 2.05) is 4.90 Å². The lowest BCUT2D eigenvalue weighted by Crippen LogP contribution is -2.34. The summed E-state index contributed by atoms with van der Waals surface area (Å²) >= 11 is 0. The molecule has 1 aromatic heterocycles. The normalized spacial score (nSPS) is 14.9. The van der Waals surface area contributed by atoms with Crippen molar-refractivity contribution < 1.29 is 9.18 Å². The van der Waals surface area contributed by atoms with Crippen LogP contribution in [-0.4, -0.2) is 28.4 Å². The molecule has 98 valence electrons. The first kappa shape index (κ1) is 13.0. The highest BCUT2D eigenvalue weighted by Gasteiger charge is 2.32. The van der Waals surface area contributed by atoms with Crippen LogP contribution in [0.5, 0.6) is 0 Å². The largest absolute Gasteiger partial charge is 0.336 e. The summed E-state index contributed by atoms with van der Waals surface area (Å²) in [4.78, 5) is 17.7. The molecule has 18 heavy (non-hydrogen) atoms. The Hall–Kier alpha value is -1.45. The fraction of sp³-hybridized carbons (Fsp3) is 0.571. The van der Waals surface area contributed by atoms with E-state index in [-0.39, 0.29) is 5.91 Å². The molecule has 0 saturated heterocycles. The molecule has 1 heterocycles. The van der Waals surface area contributed by atoms with Gasteiger partial charge in [0, 0.05) is 30.4 Å². The number of hydrogen-bond acceptors (Lipinski definition) is 2. The van der Waals surface area contributed by atoms with Crippen molar-refractivity contribution in [1.82, 2.24) is 9.88 Å². The number of rotatable bonds is 5. The number of carbonyl (C=O) groups excluding carboxylic acids is 1. The lowest BCUT2D eigenvalue weighted by molar-refractivity contribution is 0.0734. The highest BCUT2D eigenvalue weighted by molar-refractivity contribution is 5.94. The van der Waals surface area contributed by atoms with Crippen LogP contribution in [0.1, 0.15) is 43.5 Å². The Balaban J connectivity index is 2.08. The average molecular weight is 250 g/mol. The standard InChI is InChI=1S/C14H19FN2O/c1-10(2)6-8-17(12-3-4-12)14(18)11-5-7-16-13(15)9-11/h5,7,9-10,12H,3-4,6,8H2,1-2H3. The van der Waals surface area contributed by atoms with E-state index in [0.29, 0.717) is 17.5 Å². The third-order valence-corrected chi connectivity index (χ3v) is 3.17. The van der Waals surface area contributed by atoms with E-state index in [1.165, 1.54) is 12.3 Å². The van der Waals surface area contributed by atoms with Crippen molar-refractivity contribution in [3.63, 3.8) is 0 Å². The Morgan fingerprint density at radius 1 is 1.56 bits per heavy atom. The predicted octanol–water partition coefficient (Wildman–Crippen LogP) is 2.87. The minimum atomic E-state index is -0.597. The van der Waals surface area contributed by atoms with Crippen molar-refractivity contribution in [3.8, 4) is 0 Å². The minimum Gasteiger partial charge on any atom is -0.336 e. The molecule has 1 aromatic rings. The quantitative estimate of drug-likeness (QED) is 0.753. The summed E-state index contributed by atoms with van der Waals surface area (Å²) in [6.45, 7) is 5.04. The van der Waals surface area contributed by atoms with E-state index in [0.717, 1.165) is 25.8 Å². The zero-order valence-electron chi connectivity index (χ0n) is 10.9. The molecule has 0 spiro atoms. The summed E-state index contributed by atoms with van der Waals surface area (Å²) in [6.07, 6.45) is 4.46. The topological polar surface area (TPSA) is 33.2 Å². The zero-order valence-corrected chi connectivity index (χ0v) is 10.9. The first-order valence-electron chi connectivity index (χ1n) is 6.50. The van der Waals surface area contributed by atoms with Crippen LogP contribution in [0.4, 0.5) is 4.39 Å². The van der Waals surface area contributed by atoms with Crippen LogP contribution in [0.25, 0.3) is 0 Å². The van der Waals surface area contributed by atoms with Gasteiger partial charge in [0.25, 0.3) is 5.91 Å². The fourth-order valence-electron chi connectivity index (χ4n) is 1.93. The maximum atomic E-state index is 13.0. The molecule has 0 radical (unpaired) electrons. The Bertz CT molecular complexity index is 430. The number of halogens is 1. The van der Waals surface area contributed by atoms with Gasteiger partial charge in [0.05, 0.1) is 0 Å². The third-order valence-electron chi connectivity index (χ3n) is 3.17. The summed E-state index contributed by atoms with van der Waals surface area (Å²) in [5.41, 5.74) is 0.401. The van der Waals surface area contributed by atoms with Crippen LogP contribution < -0.4 is 0 Å². The van der Waals surface area contributed by atoms with Crippen LogP contribution in [-0.2, 0) is 0 Å². The Morgan fingerprint density at radius 3 is 2.83 bits per heavy atom. The number of pyridine rings is 1. The van der Waals surface area contributed by atoms with E-state index < -0.39 is 5.95 Å². The van der Waals surface area contributed by atoms with Crippen LogP contribution in [0.15, 0.2) is 18.3 Å². The van der Waals surface area contributed by atoms with Crippen molar-refractivity contribution in [2.75, 3.05) is 6.54 Å². The van der Waals surface area contributed by atoms with Gasteiger partial charge in [-0.3, -0.25) is 4.79 Å². The predicted molar refractivity (Wildman–Crippen MR) is 67.7 cm³/mol. The molecule has 4 heteroatoms. The van der Waals surface area contributed by atoms with Gasteiger partial charge in [0.2, 0.25) is 5.95 Å². The van der Waals surface area contributed by atoms with Crippen molar-refractivity contribution >= 4 is 5.91 Å². The molecule has 2 rings (SSSR count). The van der Waals surface area contributed by atoms with Gasteiger partial charge in [-0.2, -0.15) is 4.39 Å². The molecule has 1 aliphatic rings. The molecule has 0 unspecified atom stereocenters.